The number of aliphatic hydroxyl groups excluding tert-OH is 1. The lowest BCUT2D eigenvalue weighted by Crippen LogP contribution is -2.45. The minimum absolute atomic E-state index is 0.355. The van der Waals surface area contributed by atoms with Crippen molar-refractivity contribution in [1.29, 1.82) is 15.8 Å². The number of piperazine rings is 2. The molecule has 26 heteroatoms. The first kappa shape index (κ1) is 73.2. The first-order chi connectivity index (χ1) is 29.3. The summed E-state index contributed by atoms with van der Waals surface area (Å²) in [5.41, 5.74) is 41.2. The molecule has 2 saturated heterocycles. The van der Waals surface area contributed by atoms with Crippen LogP contribution in [0.1, 0.15) is 0 Å². The smallest absolute Gasteiger partial charge is 0.268 e. The molecule has 0 aromatic carbocycles. The number of nitrogens with two attached hydrogens (primary N) is 8. The molecule has 0 radical (unpaired) electrons. The van der Waals surface area contributed by atoms with Gasteiger partial charge in [0.2, 0.25) is 0 Å². The van der Waals surface area contributed by atoms with E-state index in [2.05, 4.69) is 88.6 Å². The monoisotopic (exact) mass is 1010 g/mol. The van der Waals surface area contributed by atoms with Crippen molar-refractivity contribution in [3.05, 3.63) is 11.4 Å². The third-order valence-electron chi connectivity index (χ3n) is 6.01. The summed E-state index contributed by atoms with van der Waals surface area (Å²) >= 11 is 2.28. The molecule has 0 amide bonds. The van der Waals surface area contributed by atoms with E-state index in [1.54, 1.807) is 0 Å². The summed E-state index contributed by atoms with van der Waals surface area (Å²) in [6.45, 7) is 30.4. The SMILES string of the molecule is C1CNCCN1.N#CCNCCN.N#CCO.NCCN.NCCN1CCNCC1.NCCNCCN.NCCNCCNCCN.PPI.[C-]#[N+]CNCCNCC#N. The maximum Gasteiger partial charge on any atom is 0.268 e. The summed E-state index contributed by atoms with van der Waals surface area (Å²) in [5.74, 6) is 0.970. The van der Waals surface area contributed by atoms with Crippen molar-refractivity contribution in [2.75, 3.05) is 197 Å². The van der Waals surface area contributed by atoms with E-state index in [9.17, 15) is 0 Å². The highest BCUT2D eigenvalue weighted by molar-refractivity contribution is 14.2. The van der Waals surface area contributed by atoms with E-state index in [0.29, 0.717) is 65.6 Å². The van der Waals surface area contributed by atoms with Crippen molar-refractivity contribution in [1.82, 2.24) is 52.8 Å². The molecule has 26 N–H and O–H groups in total. The van der Waals surface area contributed by atoms with Gasteiger partial charge in [-0.3, -0.25) is 9.74 Å². The van der Waals surface area contributed by atoms with Crippen molar-refractivity contribution in [2.45, 2.75) is 0 Å². The number of nitriles is 3. The van der Waals surface area contributed by atoms with Crippen LogP contribution in [0.2, 0.25) is 0 Å². The zero-order valence-electron chi connectivity index (χ0n) is 36.5. The summed E-state index contributed by atoms with van der Waals surface area (Å²) in [7, 11) is 2.59. The zero-order valence-corrected chi connectivity index (χ0v) is 40.8. The van der Waals surface area contributed by atoms with Crippen molar-refractivity contribution < 1.29 is 5.11 Å². The van der Waals surface area contributed by atoms with E-state index >= 15 is 0 Å². The zero-order chi connectivity index (χ0) is 46.7. The van der Waals surface area contributed by atoms with E-state index in [1.165, 1.54) is 6.07 Å². The lowest BCUT2D eigenvalue weighted by Gasteiger charge is -2.26. The molecule has 2 aliphatic heterocycles. The summed E-state index contributed by atoms with van der Waals surface area (Å²) in [6.07, 6.45) is 0. The van der Waals surface area contributed by atoms with Crippen LogP contribution in [0.25, 0.3) is 4.85 Å². The van der Waals surface area contributed by atoms with Gasteiger partial charge in [0, 0.05) is 170 Å². The van der Waals surface area contributed by atoms with Gasteiger partial charge in [-0.2, -0.15) is 15.8 Å². The standard InChI is InChI=1S/C6H10N4.C6H18N4.C6H15N3.C4H13N3.C4H9N3.C4H10N2.C2H8N2.C2H3NO.H3IP2/c1-8-6-10-5-4-9-3-2-7;7-1-3-9-5-6-10-4-2-8;7-1-4-9-5-2-8-3-6-9;2*5-1-3-7-4-2-6;1-2-6-4-3-5-1;2*3-1-2-4;1-3-2/h9-10H,3-6H2;9-10H,1-8H2;8H,1-7H2;7H,1-6H2;7H,1,3-5H2;5-6H,1-4H2;1-4H2;4H,2H2;3H,2H2. The van der Waals surface area contributed by atoms with Crippen LogP contribution in [-0.2, 0) is 0 Å². The number of hydrogen-bond acceptors (Lipinski definition) is 22. The largest absolute Gasteiger partial charge is 0.381 e. The highest BCUT2D eigenvalue weighted by atomic mass is 127. The molecule has 0 aliphatic carbocycles. The fourth-order valence-corrected chi connectivity index (χ4v) is 3.38. The van der Waals surface area contributed by atoms with Crippen LogP contribution < -0.4 is 93.7 Å². The molecule has 2 unspecified atom stereocenters. The topological polar surface area (TPSA) is 416 Å². The minimum atomic E-state index is -0.375. The molecule has 2 rings (SSSR count). The second-order valence-electron chi connectivity index (χ2n) is 11.1. The van der Waals surface area contributed by atoms with Crippen molar-refractivity contribution in [3.63, 3.8) is 0 Å². The molecule has 0 aromatic rings. The molecule has 2 heterocycles. The first-order valence-corrected chi connectivity index (χ1v) is 26.1. The van der Waals surface area contributed by atoms with Gasteiger partial charge >= 0.3 is 0 Å². The van der Waals surface area contributed by atoms with Crippen LogP contribution in [0.5, 0.6) is 0 Å². The summed E-state index contributed by atoms with van der Waals surface area (Å²) < 4.78 is 0. The van der Waals surface area contributed by atoms with Gasteiger partial charge in [-0.15, -0.1) is 8.93 Å². The van der Waals surface area contributed by atoms with Crippen molar-refractivity contribution in [3.8, 4) is 18.2 Å². The fourth-order valence-electron chi connectivity index (χ4n) is 3.38. The van der Waals surface area contributed by atoms with Gasteiger partial charge in [-0.1, -0.05) is 22.0 Å². The lowest BCUT2D eigenvalue weighted by atomic mass is 10.3. The highest BCUT2D eigenvalue weighted by Gasteiger charge is 2.06. The molecular weight excluding hydrogens is 921 g/mol. The maximum absolute atomic E-state index is 8.09. The van der Waals surface area contributed by atoms with E-state index in [0.717, 1.165) is 130 Å². The Morgan fingerprint density at radius 1 is 0.567 bits per heavy atom. The molecule has 0 saturated carbocycles. The molecular formula is C34H89IN22OP2. The number of hydrogen-bond donors (Lipinski definition) is 18. The van der Waals surface area contributed by atoms with Gasteiger partial charge in [0.15, 0.2) is 0 Å². The van der Waals surface area contributed by atoms with Crippen LogP contribution in [0.3, 0.4) is 0 Å². The lowest BCUT2D eigenvalue weighted by molar-refractivity contribution is 0.247. The van der Waals surface area contributed by atoms with Gasteiger partial charge in [0.1, 0.15) is 6.61 Å². The molecule has 23 nitrogen and oxygen atoms in total. The Balaban J connectivity index is -0.000000108. The molecule has 0 bridgehead atoms. The summed E-state index contributed by atoms with van der Waals surface area (Å²) in [6, 6.07) is 5.38. The number of rotatable bonds is 22. The Morgan fingerprint density at radius 2 is 0.883 bits per heavy atom. The number of nitrogens with one attached hydrogen (secondary N) is 9. The van der Waals surface area contributed by atoms with E-state index in [4.69, 9.17) is 73.3 Å². The fraction of sp³-hybridized carbons (Fsp3) is 0.882. The second kappa shape index (κ2) is 88.9. The quantitative estimate of drug-likeness (QED) is 0.0120. The van der Waals surface area contributed by atoms with E-state index < -0.39 is 0 Å². The first-order valence-electron chi connectivity index (χ1n) is 20.1. The van der Waals surface area contributed by atoms with E-state index in [-0.39, 0.29) is 6.61 Å². The van der Waals surface area contributed by atoms with Gasteiger partial charge in [0.05, 0.1) is 31.3 Å². The molecule has 2 fully saturated rings. The van der Waals surface area contributed by atoms with Crippen molar-refractivity contribution >= 4 is 36.9 Å². The third kappa shape index (κ3) is 112. The Bertz CT molecular complexity index is 800. The van der Waals surface area contributed by atoms with Gasteiger partial charge in [-0.05, 0) is 5.91 Å². The molecule has 0 aromatic heterocycles. The molecule has 2 aliphatic rings. The molecule has 2 atom stereocenters. The maximum atomic E-state index is 8.09. The average molecular weight is 1010 g/mol. The number of halogens is 1. The third-order valence-corrected chi connectivity index (χ3v) is 6.01. The Hall–Kier alpha value is -1.21. The normalized spacial score (nSPS) is 12.2. The predicted octanol–water partition coefficient (Wildman–Crippen LogP) is -6.56. The molecule has 60 heavy (non-hydrogen) atoms. The van der Waals surface area contributed by atoms with E-state index in [1.807, 2.05) is 12.1 Å². The molecule has 0 spiro atoms. The predicted molar refractivity (Wildman–Crippen MR) is 267 cm³/mol. The second-order valence-corrected chi connectivity index (χ2v) is 17.5. The van der Waals surface area contributed by atoms with Gasteiger partial charge < -0.3 is 93.5 Å². The number of nitrogens with zero attached hydrogens (tertiary/aromatic N) is 5. The summed E-state index contributed by atoms with van der Waals surface area (Å²) in [4.78, 5) is 5.48. The minimum Gasteiger partial charge on any atom is -0.381 e. The van der Waals surface area contributed by atoms with Crippen LogP contribution in [-0.4, -0.2) is 207 Å². The highest BCUT2D eigenvalue weighted by Crippen LogP contribution is 2.28. The van der Waals surface area contributed by atoms with Gasteiger partial charge in [-0.25, -0.2) is 11.9 Å². The van der Waals surface area contributed by atoms with Crippen LogP contribution in [0.4, 0.5) is 0 Å². The Kier molecular flexibility index (Phi) is 108. The summed E-state index contributed by atoms with van der Waals surface area (Å²) in [5, 5.41) is 58.6. The van der Waals surface area contributed by atoms with Gasteiger partial charge in [0.25, 0.3) is 6.67 Å². The number of aliphatic hydroxyl groups is 1. The van der Waals surface area contributed by atoms with Crippen LogP contribution >= 0.6 is 36.9 Å². The van der Waals surface area contributed by atoms with Crippen molar-refractivity contribution in [2.24, 2.45) is 45.9 Å². The molecule has 358 valence electrons. The van der Waals surface area contributed by atoms with Crippen LogP contribution in [0.15, 0.2) is 0 Å². The Morgan fingerprint density at radius 3 is 1.18 bits per heavy atom. The van der Waals surface area contributed by atoms with Crippen LogP contribution in [0, 0.1) is 40.6 Å². The Labute approximate surface area is 381 Å². The average Bonchev–Trinajstić information content (AvgIpc) is 3.29.